The smallest absolute Gasteiger partial charge is 0.247 e. The number of rotatable bonds is 4. The Morgan fingerprint density at radius 2 is 2.50 bits per heavy atom. The van der Waals surface area contributed by atoms with Gasteiger partial charge in [-0.25, -0.2) is 0 Å². The minimum absolute atomic E-state index is 0.123. The summed E-state index contributed by atoms with van der Waals surface area (Å²) in [6.45, 7) is 2.21. The van der Waals surface area contributed by atoms with Crippen LogP contribution >= 0.6 is 0 Å². The SMILES string of the molecule is CCc1cn[nH]c1NC(=O)Cn1cccn1. The number of amides is 1. The lowest BCUT2D eigenvalue weighted by Crippen LogP contribution is -2.19. The Hall–Kier alpha value is -2.11. The summed E-state index contributed by atoms with van der Waals surface area (Å²) in [5.74, 6) is 0.544. The molecule has 0 saturated heterocycles. The Morgan fingerprint density at radius 1 is 1.62 bits per heavy atom. The largest absolute Gasteiger partial charge is 0.309 e. The second-order valence-electron chi connectivity index (χ2n) is 3.38. The molecule has 2 aromatic heterocycles. The minimum Gasteiger partial charge on any atom is -0.309 e. The van der Waals surface area contributed by atoms with Crippen LogP contribution in [0, 0.1) is 0 Å². The van der Waals surface area contributed by atoms with Crippen molar-refractivity contribution in [3.8, 4) is 0 Å². The molecule has 0 aliphatic carbocycles. The third-order valence-corrected chi connectivity index (χ3v) is 2.23. The molecule has 0 radical (unpaired) electrons. The second-order valence-corrected chi connectivity index (χ2v) is 3.38. The van der Waals surface area contributed by atoms with E-state index < -0.39 is 0 Å². The van der Waals surface area contributed by atoms with Crippen LogP contribution in [0.25, 0.3) is 0 Å². The van der Waals surface area contributed by atoms with Gasteiger partial charge < -0.3 is 5.32 Å². The summed E-state index contributed by atoms with van der Waals surface area (Å²) >= 11 is 0. The highest BCUT2D eigenvalue weighted by Crippen LogP contribution is 2.10. The van der Waals surface area contributed by atoms with Crippen molar-refractivity contribution < 1.29 is 4.79 Å². The number of aryl methyl sites for hydroxylation is 1. The van der Waals surface area contributed by atoms with E-state index in [1.807, 2.05) is 6.92 Å². The fourth-order valence-corrected chi connectivity index (χ4v) is 1.41. The van der Waals surface area contributed by atoms with E-state index in [1.165, 1.54) is 0 Å². The highest BCUT2D eigenvalue weighted by molar-refractivity contribution is 5.90. The van der Waals surface area contributed by atoms with Crippen LogP contribution in [0.5, 0.6) is 0 Å². The molecule has 84 valence electrons. The summed E-state index contributed by atoms with van der Waals surface area (Å²) in [7, 11) is 0. The van der Waals surface area contributed by atoms with E-state index in [2.05, 4.69) is 20.6 Å². The van der Waals surface area contributed by atoms with Gasteiger partial charge in [0.1, 0.15) is 12.4 Å². The maximum absolute atomic E-state index is 11.6. The number of nitrogens with one attached hydrogen (secondary N) is 2. The predicted octanol–water partition coefficient (Wildman–Crippen LogP) is 0.807. The highest BCUT2D eigenvalue weighted by atomic mass is 16.2. The summed E-state index contributed by atoms with van der Waals surface area (Å²) in [5, 5.41) is 13.4. The van der Waals surface area contributed by atoms with Crippen LogP contribution in [0.4, 0.5) is 5.82 Å². The molecular formula is C10H13N5O. The number of aromatic amines is 1. The Kier molecular flexibility index (Phi) is 3.00. The van der Waals surface area contributed by atoms with Crippen molar-refractivity contribution in [2.24, 2.45) is 0 Å². The molecule has 1 amide bonds. The predicted molar refractivity (Wildman–Crippen MR) is 58.8 cm³/mol. The van der Waals surface area contributed by atoms with Crippen molar-refractivity contribution in [2.75, 3.05) is 5.32 Å². The van der Waals surface area contributed by atoms with E-state index in [-0.39, 0.29) is 12.5 Å². The number of hydrogen-bond donors (Lipinski definition) is 2. The Labute approximate surface area is 92.7 Å². The average Bonchev–Trinajstić information content (AvgIpc) is 2.88. The molecular weight excluding hydrogens is 206 g/mol. The van der Waals surface area contributed by atoms with E-state index in [4.69, 9.17) is 0 Å². The molecule has 2 aromatic rings. The van der Waals surface area contributed by atoms with Crippen LogP contribution in [-0.4, -0.2) is 25.9 Å². The summed E-state index contributed by atoms with van der Waals surface area (Å²) in [4.78, 5) is 11.6. The van der Waals surface area contributed by atoms with E-state index in [0.717, 1.165) is 12.0 Å². The van der Waals surface area contributed by atoms with Gasteiger partial charge in [-0.05, 0) is 12.5 Å². The first-order chi connectivity index (χ1) is 7.79. The van der Waals surface area contributed by atoms with Crippen molar-refractivity contribution in [3.05, 3.63) is 30.2 Å². The lowest BCUT2D eigenvalue weighted by Gasteiger charge is -2.04. The molecule has 0 aromatic carbocycles. The van der Waals surface area contributed by atoms with Crippen molar-refractivity contribution in [3.63, 3.8) is 0 Å². The Bertz CT molecular complexity index is 459. The molecule has 0 spiro atoms. The number of carbonyl (C=O) groups is 1. The van der Waals surface area contributed by atoms with E-state index in [0.29, 0.717) is 5.82 Å². The molecule has 0 atom stereocenters. The van der Waals surface area contributed by atoms with Gasteiger partial charge in [0.25, 0.3) is 0 Å². The third-order valence-electron chi connectivity index (χ3n) is 2.23. The van der Waals surface area contributed by atoms with Gasteiger partial charge >= 0.3 is 0 Å². The molecule has 2 rings (SSSR count). The first kappa shape index (κ1) is 10.4. The maximum atomic E-state index is 11.6. The summed E-state index contributed by atoms with van der Waals surface area (Å²) in [6, 6.07) is 1.78. The molecule has 16 heavy (non-hydrogen) atoms. The number of anilines is 1. The topological polar surface area (TPSA) is 75.6 Å². The average molecular weight is 219 g/mol. The lowest BCUT2D eigenvalue weighted by molar-refractivity contribution is -0.116. The molecule has 0 saturated carbocycles. The van der Waals surface area contributed by atoms with Crippen molar-refractivity contribution >= 4 is 11.7 Å². The van der Waals surface area contributed by atoms with Crippen LogP contribution in [0.2, 0.25) is 0 Å². The maximum Gasteiger partial charge on any atom is 0.247 e. The summed E-state index contributed by atoms with van der Waals surface area (Å²) < 4.78 is 1.57. The number of hydrogen-bond acceptors (Lipinski definition) is 3. The summed E-state index contributed by atoms with van der Waals surface area (Å²) in [5.41, 5.74) is 0.994. The molecule has 0 fully saturated rings. The van der Waals surface area contributed by atoms with Gasteiger partial charge in [-0.2, -0.15) is 10.2 Å². The van der Waals surface area contributed by atoms with Gasteiger partial charge in [-0.3, -0.25) is 14.6 Å². The third kappa shape index (κ3) is 2.28. The van der Waals surface area contributed by atoms with Crippen LogP contribution in [0.3, 0.4) is 0 Å². The van der Waals surface area contributed by atoms with E-state index in [1.54, 1.807) is 29.3 Å². The van der Waals surface area contributed by atoms with Crippen LogP contribution in [0.1, 0.15) is 12.5 Å². The molecule has 2 N–H and O–H groups in total. The van der Waals surface area contributed by atoms with Gasteiger partial charge in [0, 0.05) is 18.0 Å². The zero-order chi connectivity index (χ0) is 11.4. The number of carbonyl (C=O) groups excluding carboxylic acids is 1. The number of H-pyrrole nitrogens is 1. The van der Waals surface area contributed by atoms with Gasteiger partial charge in [0.15, 0.2) is 0 Å². The van der Waals surface area contributed by atoms with Gasteiger partial charge in [0.05, 0.1) is 6.20 Å². The van der Waals surface area contributed by atoms with Crippen molar-refractivity contribution in [2.45, 2.75) is 19.9 Å². The van der Waals surface area contributed by atoms with Crippen LogP contribution in [-0.2, 0) is 17.8 Å². The first-order valence-corrected chi connectivity index (χ1v) is 5.09. The fraction of sp³-hybridized carbons (Fsp3) is 0.300. The van der Waals surface area contributed by atoms with Gasteiger partial charge in [-0.1, -0.05) is 6.92 Å². The Morgan fingerprint density at radius 3 is 3.19 bits per heavy atom. The fourth-order valence-electron chi connectivity index (χ4n) is 1.41. The zero-order valence-electron chi connectivity index (χ0n) is 8.97. The first-order valence-electron chi connectivity index (χ1n) is 5.09. The van der Waals surface area contributed by atoms with Crippen LogP contribution < -0.4 is 5.32 Å². The molecule has 2 heterocycles. The monoisotopic (exact) mass is 219 g/mol. The van der Waals surface area contributed by atoms with Gasteiger partial charge in [-0.15, -0.1) is 0 Å². The number of aromatic nitrogens is 4. The van der Waals surface area contributed by atoms with Crippen molar-refractivity contribution in [1.82, 2.24) is 20.0 Å². The second kappa shape index (κ2) is 4.61. The normalized spacial score (nSPS) is 10.3. The molecule has 0 bridgehead atoms. The molecule has 0 aliphatic heterocycles. The molecule has 6 nitrogen and oxygen atoms in total. The zero-order valence-corrected chi connectivity index (χ0v) is 8.97. The standard InChI is InChI=1S/C10H13N5O/c1-2-8-6-11-14-10(8)13-9(16)7-15-5-3-4-12-15/h3-6H,2,7H2,1H3,(H2,11,13,14,16). The van der Waals surface area contributed by atoms with E-state index in [9.17, 15) is 4.79 Å². The quantitative estimate of drug-likeness (QED) is 0.798. The van der Waals surface area contributed by atoms with Gasteiger partial charge in [0.2, 0.25) is 5.91 Å². The van der Waals surface area contributed by atoms with Crippen molar-refractivity contribution in [1.29, 1.82) is 0 Å². The Balaban J connectivity index is 1.97. The lowest BCUT2D eigenvalue weighted by atomic mass is 10.2. The highest BCUT2D eigenvalue weighted by Gasteiger charge is 2.08. The minimum atomic E-state index is -0.123. The van der Waals surface area contributed by atoms with Crippen LogP contribution in [0.15, 0.2) is 24.7 Å². The number of nitrogens with zero attached hydrogens (tertiary/aromatic N) is 3. The van der Waals surface area contributed by atoms with E-state index >= 15 is 0 Å². The molecule has 0 unspecified atom stereocenters. The molecule has 0 aliphatic rings. The summed E-state index contributed by atoms with van der Waals surface area (Å²) in [6.07, 6.45) is 5.92. The molecule has 6 heteroatoms.